The van der Waals surface area contributed by atoms with E-state index in [1.54, 1.807) is 16.9 Å². The van der Waals surface area contributed by atoms with Crippen LogP contribution in [0.5, 0.6) is 5.75 Å². The van der Waals surface area contributed by atoms with Gasteiger partial charge in [-0.25, -0.2) is 4.68 Å². The number of hydrogen-bond donors (Lipinski definition) is 1. The standard InChI is InChI=1S/C17H22BrN3O2/c1-2-3-4-5-11-19-17(22)16-10-12-21(20-16)13-23-15-8-6-14(18)7-9-15/h6-10,12H,2-5,11,13H2,1H3,(H,19,22). The Hall–Kier alpha value is -1.82. The van der Waals surface area contributed by atoms with Crippen LogP contribution in [0.4, 0.5) is 0 Å². The van der Waals surface area contributed by atoms with E-state index in [4.69, 9.17) is 4.74 Å². The molecule has 2 rings (SSSR count). The monoisotopic (exact) mass is 379 g/mol. The number of carbonyl (C=O) groups is 1. The van der Waals surface area contributed by atoms with E-state index in [1.165, 1.54) is 12.8 Å². The summed E-state index contributed by atoms with van der Waals surface area (Å²) in [6.45, 7) is 3.13. The second kappa shape index (κ2) is 9.35. The third-order valence-electron chi connectivity index (χ3n) is 3.37. The Morgan fingerprint density at radius 3 is 2.74 bits per heavy atom. The first-order valence-corrected chi connectivity index (χ1v) is 8.68. The average molecular weight is 380 g/mol. The van der Waals surface area contributed by atoms with Crippen molar-refractivity contribution >= 4 is 21.8 Å². The third-order valence-corrected chi connectivity index (χ3v) is 3.89. The van der Waals surface area contributed by atoms with E-state index >= 15 is 0 Å². The molecule has 0 aliphatic carbocycles. The summed E-state index contributed by atoms with van der Waals surface area (Å²) < 4.78 is 8.22. The number of halogens is 1. The Balaban J connectivity index is 1.76. The van der Waals surface area contributed by atoms with Crippen molar-refractivity contribution < 1.29 is 9.53 Å². The predicted molar refractivity (Wildman–Crippen MR) is 93.5 cm³/mol. The summed E-state index contributed by atoms with van der Waals surface area (Å²) in [5.74, 6) is 0.620. The van der Waals surface area contributed by atoms with Crippen LogP contribution < -0.4 is 10.1 Å². The minimum atomic E-state index is -0.135. The van der Waals surface area contributed by atoms with E-state index in [-0.39, 0.29) is 12.6 Å². The van der Waals surface area contributed by atoms with E-state index in [9.17, 15) is 4.79 Å². The summed E-state index contributed by atoms with van der Waals surface area (Å²) in [6.07, 6.45) is 6.29. The van der Waals surface area contributed by atoms with Crippen molar-refractivity contribution in [2.45, 2.75) is 39.3 Å². The van der Waals surface area contributed by atoms with Crippen molar-refractivity contribution in [2.24, 2.45) is 0 Å². The second-order valence-electron chi connectivity index (χ2n) is 5.28. The van der Waals surface area contributed by atoms with Crippen LogP contribution >= 0.6 is 15.9 Å². The molecule has 0 unspecified atom stereocenters. The number of nitrogens with zero attached hydrogens (tertiary/aromatic N) is 2. The lowest BCUT2D eigenvalue weighted by molar-refractivity contribution is 0.0946. The van der Waals surface area contributed by atoms with Gasteiger partial charge >= 0.3 is 0 Å². The summed E-state index contributed by atoms with van der Waals surface area (Å²) >= 11 is 3.38. The summed E-state index contributed by atoms with van der Waals surface area (Å²) in [5.41, 5.74) is 0.417. The molecule has 0 atom stereocenters. The van der Waals surface area contributed by atoms with Crippen LogP contribution in [0.25, 0.3) is 0 Å². The van der Waals surface area contributed by atoms with Gasteiger partial charge in [0, 0.05) is 17.2 Å². The molecule has 0 bridgehead atoms. The molecule has 0 fully saturated rings. The minimum Gasteiger partial charge on any atom is -0.471 e. The van der Waals surface area contributed by atoms with Gasteiger partial charge in [-0.05, 0) is 36.8 Å². The molecule has 23 heavy (non-hydrogen) atoms. The zero-order valence-electron chi connectivity index (χ0n) is 13.3. The molecule has 5 nitrogen and oxygen atoms in total. The Morgan fingerprint density at radius 1 is 1.22 bits per heavy atom. The quantitative estimate of drug-likeness (QED) is 0.670. The molecule has 0 aliphatic heterocycles. The SMILES string of the molecule is CCCCCCNC(=O)c1ccn(COc2ccc(Br)cc2)n1. The van der Waals surface area contributed by atoms with E-state index in [2.05, 4.69) is 33.3 Å². The van der Waals surface area contributed by atoms with E-state index in [1.807, 2.05) is 24.3 Å². The van der Waals surface area contributed by atoms with Crippen LogP contribution in [-0.2, 0) is 6.73 Å². The molecule has 1 N–H and O–H groups in total. The fraction of sp³-hybridized carbons (Fsp3) is 0.412. The molecule has 1 aromatic carbocycles. The first-order valence-electron chi connectivity index (χ1n) is 7.89. The molecule has 2 aromatic rings. The molecular weight excluding hydrogens is 358 g/mol. The van der Waals surface area contributed by atoms with Crippen LogP contribution in [0.3, 0.4) is 0 Å². The highest BCUT2D eigenvalue weighted by molar-refractivity contribution is 9.10. The van der Waals surface area contributed by atoms with Crippen LogP contribution in [0.1, 0.15) is 43.1 Å². The lowest BCUT2D eigenvalue weighted by atomic mass is 10.2. The Bertz CT molecular complexity index is 611. The van der Waals surface area contributed by atoms with Gasteiger partial charge in [0.2, 0.25) is 0 Å². The largest absolute Gasteiger partial charge is 0.471 e. The summed E-state index contributed by atoms with van der Waals surface area (Å²) in [7, 11) is 0. The van der Waals surface area contributed by atoms with E-state index in [0.29, 0.717) is 12.2 Å². The zero-order valence-corrected chi connectivity index (χ0v) is 14.9. The maximum absolute atomic E-state index is 12.0. The van der Waals surface area contributed by atoms with Crippen molar-refractivity contribution in [1.82, 2.24) is 15.1 Å². The Labute approximate surface area is 145 Å². The molecular formula is C17H22BrN3O2. The summed E-state index contributed by atoms with van der Waals surface area (Å²) in [6, 6.07) is 9.27. The maximum Gasteiger partial charge on any atom is 0.271 e. The molecule has 0 spiro atoms. The number of nitrogens with one attached hydrogen (secondary N) is 1. The van der Waals surface area contributed by atoms with Gasteiger partial charge in [-0.2, -0.15) is 5.10 Å². The smallest absolute Gasteiger partial charge is 0.271 e. The van der Waals surface area contributed by atoms with Crippen molar-refractivity contribution in [1.29, 1.82) is 0 Å². The number of hydrogen-bond acceptors (Lipinski definition) is 3. The predicted octanol–water partition coefficient (Wildman–Crippen LogP) is 3.99. The second-order valence-corrected chi connectivity index (χ2v) is 6.20. The van der Waals surface area contributed by atoms with Gasteiger partial charge in [0.05, 0.1) is 0 Å². The van der Waals surface area contributed by atoms with Crippen molar-refractivity contribution in [3.05, 3.63) is 46.7 Å². The van der Waals surface area contributed by atoms with Crippen molar-refractivity contribution in [3.8, 4) is 5.75 Å². The highest BCUT2D eigenvalue weighted by atomic mass is 79.9. The van der Waals surface area contributed by atoms with Crippen molar-refractivity contribution in [3.63, 3.8) is 0 Å². The van der Waals surface area contributed by atoms with Gasteiger partial charge in [-0.3, -0.25) is 4.79 Å². The summed E-state index contributed by atoms with van der Waals surface area (Å²) in [5, 5.41) is 7.12. The minimum absolute atomic E-state index is 0.135. The fourth-order valence-corrected chi connectivity index (χ4v) is 2.33. The van der Waals surface area contributed by atoms with Gasteiger partial charge in [0.15, 0.2) is 6.73 Å². The first-order chi connectivity index (χ1) is 11.2. The molecule has 0 radical (unpaired) electrons. The van der Waals surface area contributed by atoms with Crippen LogP contribution in [0.2, 0.25) is 0 Å². The van der Waals surface area contributed by atoms with Crippen molar-refractivity contribution in [2.75, 3.05) is 6.54 Å². The number of carbonyl (C=O) groups excluding carboxylic acids is 1. The molecule has 1 heterocycles. The average Bonchev–Trinajstić information content (AvgIpc) is 3.03. The number of unbranched alkanes of at least 4 members (excludes halogenated alkanes) is 3. The third kappa shape index (κ3) is 6.06. The first kappa shape index (κ1) is 17.5. The zero-order chi connectivity index (χ0) is 16.5. The summed E-state index contributed by atoms with van der Waals surface area (Å²) in [4.78, 5) is 12.0. The van der Waals surface area contributed by atoms with Gasteiger partial charge in [0.25, 0.3) is 5.91 Å². The van der Waals surface area contributed by atoms with E-state index in [0.717, 1.165) is 23.1 Å². The van der Waals surface area contributed by atoms with Crippen LogP contribution in [0.15, 0.2) is 41.0 Å². The highest BCUT2D eigenvalue weighted by Gasteiger charge is 2.08. The van der Waals surface area contributed by atoms with Crippen LogP contribution in [-0.4, -0.2) is 22.2 Å². The molecule has 6 heteroatoms. The van der Waals surface area contributed by atoms with Gasteiger partial charge in [0.1, 0.15) is 11.4 Å². The molecule has 0 saturated heterocycles. The number of amides is 1. The normalized spacial score (nSPS) is 10.5. The van der Waals surface area contributed by atoms with Gasteiger partial charge < -0.3 is 10.1 Å². The molecule has 0 aliphatic rings. The Kier molecular flexibility index (Phi) is 7.13. The lowest BCUT2D eigenvalue weighted by Gasteiger charge is -2.06. The Morgan fingerprint density at radius 2 is 2.00 bits per heavy atom. The number of aromatic nitrogens is 2. The molecule has 1 amide bonds. The van der Waals surface area contributed by atoms with Gasteiger partial charge in [-0.15, -0.1) is 0 Å². The fourth-order valence-electron chi connectivity index (χ4n) is 2.07. The number of ether oxygens (including phenoxy) is 1. The molecule has 124 valence electrons. The van der Waals surface area contributed by atoms with E-state index < -0.39 is 0 Å². The highest BCUT2D eigenvalue weighted by Crippen LogP contribution is 2.16. The van der Waals surface area contributed by atoms with Gasteiger partial charge in [-0.1, -0.05) is 42.1 Å². The number of rotatable bonds is 9. The molecule has 0 saturated carbocycles. The molecule has 1 aromatic heterocycles. The number of benzene rings is 1. The maximum atomic E-state index is 12.0. The van der Waals surface area contributed by atoms with Crippen LogP contribution in [0, 0.1) is 0 Å². The topological polar surface area (TPSA) is 56.2 Å². The lowest BCUT2D eigenvalue weighted by Crippen LogP contribution is -2.25.